The Morgan fingerprint density at radius 3 is 2.70 bits per heavy atom. The quantitative estimate of drug-likeness (QED) is 0.732. The van der Waals surface area contributed by atoms with Crippen molar-refractivity contribution in [2.45, 2.75) is 31.7 Å². The summed E-state index contributed by atoms with van der Waals surface area (Å²) in [6, 6.07) is 7.57. The summed E-state index contributed by atoms with van der Waals surface area (Å²) in [5.41, 5.74) is 1.58. The van der Waals surface area contributed by atoms with E-state index in [4.69, 9.17) is 0 Å². The molecule has 0 unspecified atom stereocenters. The van der Waals surface area contributed by atoms with Crippen LogP contribution in [0, 0.1) is 0 Å². The first-order valence-electron chi connectivity index (χ1n) is 6.92. The van der Waals surface area contributed by atoms with Crippen LogP contribution in [0.4, 0.5) is 5.69 Å². The molecule has 0 aliphatic heterocycles. The average Bonchev–Trinajstić information content (AvgIpc) is 3.09. The van der Waals surface area contributed by atoms with Gasteiger partial charge in [0.25, 0.3) is 0 Å². The molecule has 0 radical (unpaired) electrons. The zero-order chi connectivity index (χ0) is 13.9. The Morgan fingerprint density at radius 2 is 1.90 bits per heavy atom. The van der Waals surface area contributed by atoms with E-state index in [9.17, 15) is 9.59 Å². The molecule has 1 saturated carbocycles. The molecule has 0 bridgehead atoms. The molecule has 1 fully saturated rings. The van der Waals surface area contributed by atoms with Gasteiger partial charge >= 0.3 is 11.8 Å². The van der Waals surface area contributed by atoms with Gasteiger partial charge in [-0.15, -0.1) is 0 Å². The third-order valence-corrected chi connectivity index (χ3v) is 3.74. The number of aromatic nitrogens is 1. The van der Waals surface area contributed by atoms with Crippen molar-refractivity contribution in [1.29, 1.82) is 0 Å². The van der Waals surface area contributed by atoms with Crippen LogP contribution in [0.25, 0.3) is 10.9 Å². The first kappa shape index (κ1) is 12.7. The predicted octanol–water partition coefficient (Wildman–Crippen LogP) is 2.17. The fourth-order valence-electron chi connectivity index (χ4n) is 2.69. The van der Waals surface area contributed by atoms with Crippen LogP contribution in [-0.4, -0.2) is 22.8 Å². The van der Waals surface area contributed by atoms with Gasteiger partial charge in [0.05, 0.1) is 5.69 Å². The van der Waals surface area contributed by atoms with E-state index < -0.39 is 11.8 Å². The zero-order valence-electron chi connectivity index (χ0n) is 11.1. The second-order valence-corrected chi connectivity index (χ2v) is 5.15. The summed E-state index contributed by atoms with van der Waals surface area (Å²) in [5.74, 6) is -1.16. The highest BCUT2D eigenvalue weighted by Crippen LogP contribution is 2.22. The molecule has 1 aromatic heterocycles. The molecule has 2 aromatic rings. The number of H-pyrrole nitrogens is 1. The van der Waals surface area contributed by atoms with Gasteiger partial charge in [-0.1, -0.05) is 18.9 Å². The van der Waals surface area contributed by atoms with Crippen molar-refractivity contribution >= 4 is 28.4 Å². The molecule has 1 aromatic carbocycles. The molecule has 20 heavy (non-hydrogen) atoms. The standard InChI is InChI=1S/C15H17N3O2/c19-14(17-10-4-1-2-5-10)15(20)18-13-7-3-6-12-11(13)8-9-16-12/h3,6-10,16H,1-2,4-5H2,(H,17,19)(H,18,20). The summed E-state index contributed by atoms with van der Waals surface area (Å²) < 4.78 is 0. The Labute approximate surface area is 116 Å². The van der Waals surface area contributed by atoms with Crippen molar-refractivity contribution < 1.29 is 9.59 Å². The number of fused-ring (bicyclic) bond motifs is 1. The molecule has 3 N–H and O–H groups in total. The molecule has 2 amide bonds. The Kier molecular flexibility index (Phi) is 3.41. The van der Waals surface area contributed by atoms with Gasteiger partial charge in [-0.2, -0.15) is 0 Å². The molecule has 0 atom stereocenters. The van der Waals surface area contributed by atoms with Crippen molar-refractivity contribution in [2.75, 3.05) is 5.32 Å². The molecule has 1 aliphatic rings. The third-order valence-electron chi connectivity index (χ3n) is 3.74. The second-order valence-electron chi connectivity index (χ2n) is 5.15. The number of nitrogens with one attached hydrogen (secondary N) is 3. The SMILES string of the molecule is O=C(Nc1cccc2[nH]ccc12)C(=O)NC1CCCC1. The highest BCUT2D eigenvalue weighted by Gasteiger charge is 2.21. The molecule has 1 heterocycles. The Hall–Kier alpha value is -2.30. The minimum absolute atomic E-state index is 0.149. The molecule has 3 rings (SSSR count). The number of carbonyl (C=O) groups excluding carboxylic acids is 2. The topological polar surface area (TPSA) is 74.0 Å². The van der Waals surface area contributed by atoms with Crippen molar-refractivity contribution in [3.05, 3.63) is 30.5 Å². The van der Waals surface area contributed by atoms with E-state index in [0.29, 0.717) is 5.69 Å². The molecule has 1 aliphatic carbocycles. The van der Waals surface area contributed by atoms with Gasteiger partial charge in [-0.25, -0.2) is 0 Å². The van der Waals surface area contributed by atoms with Crippen LogP contribution in [0.2, 0.25) is 0 Å². The van der Waals surface area contributed by atoms with E-state index >= 15 is 0 Å². The number of hydrogen-bond donors (Lipinski definition) is 3. The highest BCUT2D eigenvalue weighted by molar-refractivity contribution is 6.40. The monoisotopic (exact) mass is 271 g/mol. The summed E-state index contributed by atoms with van der Waals surface area (Å²) in [7, 11) is 0. The van der Waals surface area contributed by atoms with Gasteiger partial charge in [0.15, 0.2) is 0 Å². The van der Waals surface area contributed by atoms with E-state index in [0.717, 1.165) is 36.6 Å². The predicted molar refractivity (Wildman–Crippen MR) is 77.3 cm³/mol. The normalized spacial score (nSPS) is 15.4. The lowest BCUT2D eigenvalue weighted by atomic mass is 10.2. The smallest absolute Gasteiger partial charge is 0.313 e. The van der Waals surface area contributed by atoms with Crippen LogP contribution in [0.3, 0.4) is 0 Å². The molecule has 5 nitrogen and oxygen atoms in total. The van der Waals surface area contributed by atoms with Crippen LogP contribution in [-0.2, 0) is 9.59 Å². The van der Waals surface area contributed by atoms with Crippen LogP contribution in [0.15, 0.2) is 30.5 Å². The molecule has 5 heteroatoms. The number of amides is 2. The Balaban J connectivity index is 1.68. The minimum Gasteiger partial charge on any atom is -0.361 e. The van der Waals surface area contributed by atoms with Crippen molar-refractivity contribution in [2.24, 2.45) is 0 Å². The van der Waals surface area contributed by atoms with E-state index in [1.165, 1.54) is 0 Å². The number of benzene rings is 1. The number of carbonyl (C=O) groups is 2. The van der Waals surface area contributed by atoms with Crippen molar-refractivity contribution in [3.8, 4) is 0 Å². The van der Waals surface area contributed by atoms with Crippen molar-refractivity contribution in [3.63, 3.8) is 0 Å². The third kappa shape index (κ3) is 2.52. The first-order chi connectivity index (χ1) is 9.74. The summed E-state index contributed by atoms with van der Waals surface area (Å²) in [4.78, 5) is 26.8. The molecule has 0 saturated heterocycles. The van der Waals surface area contributed by atoms with E-state index in [-0.39, 0.29) is 6.04 Å². The van der Waals surface area contributed by atoms with E-state index in [1.807, 2.05) is 18.2 Å². The largest absolute Gasteiger partial charge is 0.361 e. The van der Waals surface area contributed by atoms with Gasteiger partial charge in [-0.05, 0) is 31.0 Å². The lowest BCUT2D eigenvalue weighted by molar-refractivity contribution is -0.136. The minimum atomic E-state index is -0.606. The van der Waals surface area contributed by atoms with Crippen molar-refractivity contribution in [1.82, 2.24) is 10.3 Å². The lowest BCUT2D eigenvalue weighted by Gasteiger charge is -2.12. The fraction of sp³-hybridized carbons (Fsp3) is 0.333. The maximum absolute atomic E-state index is 11.9. The van der Waals surface area contributed by atoms with Gasteiger partial charge < -0.3 is 15.6 Å². The van der Waals surface area contributed by atoms with E-state index in [1.54, 1.807) is 12.3 Å². The number of rotatable bonds is 2. The summed E-state index contributed by atoms with van der Waals surface area (Å²) in [6.45, 7) is 0. The van der Waals surface area contributed by atoms with Crippen LogP contribution >= 0.6 is 0 Å². The molecular weight excluding hydrogens is 254 g/mol. The van der Waals surface area contributed by atoms with Crippen LogP contribution in [0.1, 0.15) is 25.7 Å². The average molecular weight is 271 g/mol. The lowest BCUT2D eigenvalue weighted by Crippen LogP contribution is -2.40. The number of hydrogen-bond acceptors (Lipinski definition) is 2. The Morgan fingerprint density at radius 1 is 1.10 bits per heavy atom. The second kappa shape index (κ2) is 5.36. The van der Waals surface area contributed by atoms with Gasteiger partial charge in [0.2, 0.25) is 0 Å². The van der Waals surface area contributed by atoms with Crippen LogP contribution in [0.5, 0.6) is 0 Å². The fourth-order valence-corrected chi connectivity index (χ4v) is 2.69. The zero-order valence-corrected chi connectivity index (χ0v) is 11.1. The molecule has 104 valence electrons. The van der Waals surface area contributed by atoms with Gasteiger partial charge in [-0.3, -0.25) is 9.59 Å². The molecule has 0 spiro atoms. The maximum atomic E-state index is 11.9. The van der Waals surface area contributed by atoms with Gasteiger partial charge in [0.1, 0.15) is 0 Å². The Bertz CT molecular complexity index is 641. The summed E-state index contributed by atoms with van der Waals surface area (Å²) in [6.07, 6.45) is 5.97. The van der Waals surface area contributed by atoms with Crippen LogP contribution < -0.4 is 10.6 Å². The summed E-state index contributed by atoms with van der Waals surface area (Å²) >= 11 is 0. The summed E-state index contributed by atoms with van der Waals surface area (Å²) in [5, 5.41) is 6.35. The number of anilines is 1. The molecular formula is C15H17N3O2. The maximum Gasteiger partial charge on any atom is 0.313 e. The first-order valence-corrected chi connectivity index (χ1v) is 6.92. The van der Waals surface area contributed by atoms with Gasteiger partial charge in [0, 0.05) is 23.1 Å². The number of aromatic amines is 1. The highest BCUT2D eigenvalue weighted by atomic mass is 16.2. The van der Waals surface area contributed by atoms with E-state index in [2.05, 4.69) is 15.6 Å².